The van der Waals surface area contributed by atoms with Crippen LogP contribution in [0.4, 0.5) is 0 Å². The van der Waals surface area contributed by atoms with E-state index in [0.29, 0.717) is 19.3 Å². The Morgan fingerprint density at radius 1 is 1.18 bits per heavy atom. The zero-order chi connectivity index (χ0) is 28.4. The highest BCUT2D eigenvalue weighted by molar-refractivity contribution is 6.08. The van der Waals surface area contributed by atoms with E-state index in [9.17, 15) is 34.5 Å². The highest BCUT2D eigenvalue weighted by Crippen LogP contribution is 2.79. The smallest absolute Gasteiger partial charge is 0.306 e. The number of hydrogen-bond donors (Lipinski definition) is 3. The molecule has 3 saturated carbocycles. The lowest BCUT2D eigenvalue weighted by Crippen LogP contribution is -2.66. The zero-order valence-corrected chi connectivity index (χ0v) is 23.6. The Kier molecular flexibility index (Phi) is 5.71. The molecule has 1 heterocycles. The molecule has 0 aromatic carbocycles. The summed E-state index contributed by atoms with van der Waals surface area (Å²) in [5.41, 5.74) is -5.07. The molecule has 0 aromatic rings. The number of carboxylic acid groups (broad SMARTS) is 1. The van der Waals surface area contributed by atoms with Crippen LogP contribution in [-0.2, 0) is 23.9 Å². The van der Waals surface area contributed by atoms with Crippen molar-refractivity contribution >= 4 is 23.3 Å². The molecule has 0 aromatic heterocycles. The molecular formula is C30H42O8. The molecule has 1 saturated heterocycles. The summed E-state index contributed by atoms with van der Waals surface area (Å²) in [7, 11) is 0. The third-order valence-electron chi connectivity index (χ3n) is 12.1. The summed E-state index contributed by atoms with van der Waals surface area (Å²) in [6.45, 7) is 12.8. The van der Waals surface area contributed by atoms with Gasteiger partial charge in [-0.3, -0.25) is 19.2 Å². The van der Waals surface area contributed by atoms with Crippen molar-refractivity contribution in [2.45, 2.75) is 110 Å². The van der Waals surface area contributed by atoms with Crippen molar-refractivity contribution in [2.75, 3.05) is 0 Å². The number of carbonyl (C=O) groups is 4. The predicted molar refractivity (Wildman–Crippen MR) is 137 cm³/mol. The molecule has 0 bridgehead atoms. The minimum absolute atomic E-state index is 0.0587. The van der Waals surface area contributed by atoms with Gasteiger partial charge in [0.05, 0.1) is 34.6 Å². The number of aliphatic carboxylic acids is 1. The number of Topliss-reactive ketones (excluding diaryl/α,β-unsaturated/α-hetero) is 2. The average molecular weight is 531 g/mol. The monoisotopic (exact) mass is 530 g/mol. The summed E-state index contributed by atoms with van der Waals surface area (Å²) in [5, 5.41) is 31.7. The first-order valence-electron chi connectivity index (χ1n) is 13.9. The lowest BCUT2D eigenvalue weighted by Gasteiger charge is -2.61. The van der Waals surface area contributed by atoms with Crippen molar-refractivity contribution < 1.29 is 39.2 Å². The largest absolute Gasteiger partial charge is 0.481 e. The van der Waals surface area contributed by atoms with Gasteiger partial charge in [-0.25, -0.2) is 0 Å². The van der Waals surface area contributed by atoms with Gasteiger partial charge in [-0.05, 0) is 61.5 Å². The number of carboxylic acids is 1. The van der Waals surface area contributed by atoms with Crippen molar-refractivity contribution in [1.29, 1.82) is 0 Å². The standard InChI is InChI=1S/C30H42O8/c1-15(24(35)36)10-16(31)14-27(5,37)19-12-22(34)29(7)28(19,6)21(33)11-18-26(4)9-8-20(32)25(2,3)17(26)13-23-30(18,29)38-23/h11,15,17,19-20,23,32,37H,8-10,12-14H2,1-7H3,(H,35,36)/t15?,17-,19+,20-,23-,26-,27?,28-,29+,30+/m0/s1. The normalized spacial score (nSPS) is 47.0. The van der Waals surface area contributed by atoms with Crippen molar-refractivity contribution in [1.82, 2.24) is 0 Å². The van der Waals surface area contributed by atoms with Gasteiger partial charge in [-0.15, -0.1) is 0 Å². The van der Waals surface area contributed by atoms with Gasteiger partial charge in [0.25, 0.3) is 0 Å². The number of ether oxygens (including phenoxy) is 1. The number of allylic oxidation sites excluding steroid dienone is 1. The third-order valence-corrected chi connectivity index (χ3v) is 12.1. The molecule has 0 radical (unpaired) electrons. The molecule has 1 spiro atoms. The Labute approximate surface area is 224 Å². The molecule has 3 N–H and O–H groups in total. The zero-order valence-electron chi connectivity index (χ0n) is 23.6. The quantitative estimate of drug-likeness (QED) is 0.444. The fourth-order valence-electron chi connectivity index (χ4n) is 9.57. The first kappa shape index (κ1) is 27.7. The van der Waals surface area contributed by atoms with Crippen LogP contribution in [0.5, 0.6) is 0 Å². The Balaban J connectivity index is 1.56. The summed E-state index contributed by atoms with van der Waals surface area (Å²) in [6, 6.07) is 0. The van der Waals surface area contributed by atoms with E-state index in [4.69, 9.17) is 4.74 Å². The predicted octanol–water partition coefficient (Wildman–Crippen LogP) is 3.26. The summed E-state index contributed by atoms with van der Waals surface area (Å²) in [5.74, 6) is -3.51. The number of epoxide rings is 1. The van der Waals surface area contributed by atoms with Gasteiger partial charge in [-0.2, -0.15) is 0 Å². The van der Waals surface area contributed by atoms with Gasteiger partial charge >= 0.3 is 5.97 Å². The first-order valence-corrected chi connectivity index (χ1v) is 13.9. The van der Waals surface area contributed by atoms with E-state index in [1.54, 1.807) is 13.0 Å². The van der Waals surface area contributed by atoms with E-state index >= 15 is 0 Å². The topological polar surface area (TPSA) is 141 Å². The van der Waals surface area contributed by atoms with E-state index in [1.807, 2.05) is 6.92 Å². The van der Waals surface area contributed by atoms with E-state index in [0.717, 1.165) is 5.57 Å². The van der Waals surface area contributed by atoms with Crippen LogP contribution in [0.3, 0.4) is 0 Å². The second-order valence-electron chi connectivity index (χ2n) is 14.4. The highest BCUT2D eigenvalue weighted by Gasteiger charge is 2.86. The molecule has 38 heavy (non-hydrogen) atoms. The molecule has 8 nitrogen and oxygen atoms in total. The Hall–Kier alpha value is -1.90. The molecule has 5 aliphatic rings. The van der Waals surface area contributed by atoms with Crippen LogP contribution in [0, 0.1) is 39.4 Å². The van der Waals surface area contributed by atoms with E-state index in [-0.39, 0.29) is 48.3 Å². The summed E-state index contributed by atoms with van der Waals surface area (Å²) >= 11 is 0. The van der Waals surface area contributed by atoms with Crippen molar-refractivity contribution in [3.05, 3.63) is 11.6 Å². The molecule has 0 amide bonds. The Bertz CT molecular complexity index is 1170. The number of hydrogen-bond acceptors (Lipinski definition) is 7. The van der Waals surface area contributed by atoms with Gasteiger partial charge in [0, 0.05) is 25.2 Å². The number of aliphatic hydroxyl groups is 2. The van der Waals surface area contributed by atoms with Crippen LogP contribution >= 0.6 is 0 Å². The highest BCUT2D eigenvalue weighted by atomic mass is 16.6. The SMILES string of the molecule is CC(CC(=O)CC(C)(O)[C@H]1CC(=O)[C@@]2(C)[C@]34O[C@H]3C[C@H]3C(C)(C)[C@@H](O)CC[C@]3(C)C4=CC(=O)[C@]12C)C(=O)O. The second kappa shape index (κ2) is 7.85. The van der Waals surface area contributed by atoms with Crippen LogP contribution in [0.2, 0.25) is 0 Å². The third kappa shape index (κ3) is 3.08. The minimum atomic E-state index is -1.68. The molecule has 1 aliphatic heterocycles. The number of aliphatic hydroxyl groups excluding tert-OH is 1. The number of ketones is 3. The molecule has 8 heteroatoms. The van der Waals surface area contributed by atoms with Gasteiger partial charge in [0.1, 0.15) is 17.2 Å². The van der Waals surface area contributed by atoms with Crippen molar-refractivity contribution in [2.24, 2.45) is 39.4 Å². The molecule has 4 fully saturated rings. The number of rotatable bonds is 6. The summed E-state index contributed by atoms with van der Waals surface area (Å²) < 4.78 is 6.54. The van der Waals surface area contributed by atoms with Crippen LogP contribution in [0.1, 0.15) is 87.0 Å². The van der Waals surface area contributed by atoms with Crippen molar-refractivity contribution in [3.8, 4) is 0 Å². The fourth-order valence-corrected chi connectivity index (χ4v) is 9.57. The average Bonchev–Trinajstić information content (AvgIpc) is 3.48. The lowest BCUT2D eigenvalue weighted by atomic mass is 9.40. The fraction of sp³-hybridized carbons (Fsp3) is 0.800. The van der Waals surface area contributed by atoms with Crippen LogP contribution < -0.4 is 0 Å². The summed E-state index contributed by atoms with van der Waals surface area (Å²) in [6.07, 6.45) is 2.31. The lowest BCUT2D eigenvalue weighted by molar-refractivity contribution is -0.159. The Morgan fingerprint density at radius 3 is 2.42 bits per heavy atom. The van der Waals surface area contributed by atoms with E-state index in [2.05, 4.69) is 20.8 Å². The Morgan fingerprint density at radius 2 is 1.82 bits per heavy atom. The van der Waals surface area contributed by atoms with Gasteiger partial charge in [0.2, 0.25) is 0 Å². The maximum atomic E-state index is 14.2. The molecule has 210 valence electrons. The number of fused-ring (bicyclic) bond motifs is 3. The van der Waals surface area contributed by atoms with Crippen molar-refractivity contribution in [3.63, 3.8) is 0 Å². The summed E-state index contributed by atoms with van der Waals surface area (Å²) in [4.78, 5) is 52.3. The molecular weight excluding hydrogens is 488 g/mol. The maximum Gasteiger partial charge on any atom is 0.306 e. The second-order valence-corrected chi connectivity index (χ2v) is 14.4. The molecule has 10 atom stereocenters. The van der Waals surface area contributed by atoms with Crippen LogP contribution in [0.25, 0.3) is 0 Å². The minimum Gasteiger partial charge on any atom is -0.481 e. The van der Waals surface area contributed by atoms with Gasteiger partial charge in [-0.1, -0.05) is 34.6 Å². The first-order chi connectivity index (χ1) is 17.3. The molecule has 5 rings (SSSR count). The molecule has 2 unspecified atom stereocenters. The van der Waals surface area contributed by atoms with Crippen LogP contribution in [-0.4, -0.2) is 62.0 Å². The van der Waals surface area contributed by atoms with Gasteiger partial charge < -0.3 is 20.1 Å². The number of carbonyl (C=O) groups excluding carboxylic acids is 3. The van der Waals surface area contributed by atoms with Crippen LogP contribution in [0.15, 0.2) is 11.6 Å². The molecule has 4 aliphatic carbocycles. The van der Waals surface area contributed by atoms with Gasteiger partial charge in [0.15, 0.2) is 5.78 Å². The van der Waals surface area contributed by atoms with E-state index < -0.39 is 57.1 Å². The van der Waals surface area contributed by atoms with E-state index in [1.165, 1.54) is 13.8 Å². The maximum absolute atomic E-state index is 14.2.